The maximum atomic E-state index is 13.9. The Morgan fingerprint density at radius 2 is 1.71 bits per heavy atom. The van der Waals surface area contributed by atoms with E-state index in [1.54, 1.807) is 4.90 Å². The summed E-state index contributed by atoms with van der Waals surface area (Å²) in [5.74, 6) is 0.551. The summed E-state index contributed by atoms with van der Waals surface area (Å²) < 4.78 is 11.9. The monoisotopic (exact) mass is 453 g/mol. The summed E-state index contributed by atoms with van der Waals surface area (Å²) in [4.78, 5) is 29.3. The van der Waals surface area contributed by atoms with E-state index in [1.165, 1.54) is 0 Å². The minimum atomic E-state index is -0.564. The number of carbonyl (C=O) groups is 1. The van der Waals surface area contributed by atoms with Gasteiger partial charge in [0.15, 0.2) is 5.43 Å². The summed E-state index contributed by atoms with van der Waals surface area (Å²) in [6, 6.07) is 18.9. The summed E-state index contributed by atoms with van der Waals surface area (Å²) in [5.41, 5.74) is 5.48. The van der Waals surface area contributed by atoms with E-state index in [1.807, 2.05) is 88.4 Å². The van der Waals surface area contributed by atoms with Crippen molar-refractivity contribution in [1.29, 1.82) is 0 Å². The van der Waals surface area contributed by atoms with Crippen molar-refractivity contribution in [2.24, 2.45) is 0 Å². The van der Waals surface area contributed by atoms with E-state index in [0.29, 0.717) is 35.4 Å². The molecule has 34 heavy (non-hydrogen) atoms. The van der Waals surface area contributed by atoms with Crippen molar-refractivity contribution in [3.05, 3.63) is 110 Å². The Balaban J connectivity index is 1.73. The van der Waals surface area contributed by atoms with Crippen LogP contribution in [0.1, 0.15) is 56.9 Å². The molecule has 0 saturated heterocycles. The van der Waals surface area contributed by atoms with Crippen molar-refractivity contribution < 1.29 is 13.9 Å². The number of rotatable bonds is 5. The average Bonchev–Trinajstić information content (AvgIpc) is 3.07. The van der Waals surface area contributed by atoms with Gasteiger partial charge in [-0.25, -0.2) is 0 Å². The lowest BCUT2D eigenvalue weighted by Crippen LogP contribution is -2.29. The SMILES string of the molecule is CCOc1cccc(C2c3c(oc4cc(C)cc(C)c4c3=O)C(=O)N2Cc2ccc(C)cc2)c1. The minimum Gasteiger partial charge on any atom is -0.494 e. The van der Waals surface area contributed by atoms with E-state index in [2.05, 4.69) is 0 Å². The molecule has 5 nitrogen and oxygen atoms in total. The topological polar surface area (TPSA) is 59.8 Å². The number of benzene rings is 3. The lowest BCUT2D eigenvalue weighted by molar-refractivity contribution is 0.0714. The van der Waals surface area contributed by atoms with Gasteiger partial charge in [0.25, 0.3) is 5.91 Å². The van der Waals surface area contributed by atoms with Crippen molar-refractivity contribution in [2.45, 2.75) is 40.3 Å². The molecule has 0 spiro atoms. The first kappa shape index (κ1) is 22.0. The molecule has 1 aromatic heterocycles. The third-order valence-corrected chi connectivity index (χ3v) is 6.37. The fourth-order valence-electron chi connectivity index (χ4n) is 4.85. The number of fused-ring (bicyclic) bond motifs is 2. The number of ether oxygens (including phenoxy) is 1. The third-order valence-electron chi connectivity index (χ3n) is 6.37. The summed E-state index contributed by atoms with van der Waals surface area (Å²) >= 11 is 0. The van der Waals surface area contributed by atoms with Crippen LogP contribution in [0, 0.1) is 20.8 Å². The van der Waals surface area contributed by atoms with Crippen LogP contribution in [0.15, 0.2) is 69.9 Å². The number of hydrogen-bond donors (Lipinski definition) is 0. The highest BCUT2D eigenvalue weighted by Crippen LogP contribution is 2.40. The number of carbonyl (C=O) groups excluding carboxylic acids is 1. The standard InChI is InChI=1S/C29H27NO4/c1-5-33-22-8-6-7-21(15-22)26-25-27(31)24-19(4)13-18(3)14-23(24)34-28(25)29(32)30(26)16-20-11-9-17(2)10-12-20/h6-15,26H,5,16H2,1-4H3. The second-order valence-corrected chi connectivity index (χ2v) is 8.96. The zero-order valence-corrected chi connectivity index (χ0v) is 19.8. The van der Waals surface area contributed by atoms with E-state index < -0.39 is 6.04 Å². The molecule has 0 bridgehead atoms. The van der Waals surface area contributed by atoms with Gasteiger partial charge in [-0.3, -0.25) is 9.59 Å². The predicted octanol–water partition coefficient (Wildman–Crippen LogP) is 5.86. The highest BCUT2D eigenvalue weighted by atomic mass is 16.5. The normalized spacial score (nSPS) is 15.1. The molecule has 1 amide bonds. The van der Waals surface area contributed by atoms with Gasteiger partial charge < -0.3 is 14.1 Å². The van der Waals surface area contributed by atoms with Gasteiger partial charge in [-0.2, -0.15) is 0 Å². The quantitative estimate of drug-likeness (QED) is 0.380. The molecule has 3 aromatic carbocycles. The second kappa shape index (κ2) is 8.49. The molecule has 172 valence electrons. The van der Waals surface area contributed by atoms with Crippen molar-refractivity contribution >= 4 is 16.9 Å². The van der Waals surface area contributed by atoms with Crippen LogP contribution in [0.2, 0.25) is 0 Å². The number of amides is 1. The highest BCUT2D eigenvalue weighted by molar-refractivity contribution is 5.99. The van der Waals surface area contributed by atoms with Crippen LogP contribution in [-0.2, 0) is 6.54 Å². The zero-order valence-electron chi connectivity index (χ0n) is 19.8. The van der Waals surface area contributed by atoms with Gasteiger partial charge in [0.2, 0.25) is 5.76 Å². The largest absolute Gasteiger partial charge is 0.494 e. The molecule has 5 rings (SSSR count). The zero-order chi connectivity index (χ0) is 24.0. The Bertz CT molecular complexity index is 1470. The second-order valence-electron chi connectivity index (χ2n) is 8.96. The van der Waals surface area contributed by atoms with Crippen molar-refractivity contribution in [2.75, 3.05) is 6.61 Å². The maximum Gasteiger partial charge on any atom is 0.291 e. The first-order valence-electron chi connectivity index (χ1n) is 11.5. The molecule has 0 aliphatic carbocycles. The molecular weight excluding hydrogens is 426 g/mol. The molecule has 1 aliphatic rings. The summed E-state index contributed by atoms with van der Waals surface area (Å²) in [6.07, 6.45) is 0. The third kappa shape index (κ3) is 3.67. The average molecular weight is 454 g/mol. The van der Waals surface area contributed by atoms with Gasteiger partial charge in [-0.1, -0.05) is 48.0 Å². The van der Waals surface area contributed by atoms with Gasteiger partial charge in [0.1, 0.15) is 11.3 Å². The van der Waals surface area contributed by atoms with Gasteiger partial charge in [0.05, 0.1) is 23.6 Å². The molecule has 0 saturated carbocycles. The highest BCUT2D eigenvalue weighted by Gasteiger charge is 2.43. The van der Waals surface area contributed by atoms with Gasteiger partial charge in [-0.15, -0.1) is 0 Å². The first-order valence-corrected chi connectivity index (χ1v) is 11.5. The van der Waals surface area contributed by atoms with Crippen LogP contribution in [-0.4, -0.2) is 17.4 Å². The first-order chi connectivity index (χ1) is 16.4. The Morgan fingerprint density at radius 3 is 2.44 bits per heavy atom. The van der Waals surface area contributed by atoms with Crippen molar-refractivity contribution in [1.82, 2.24) is 4.90 Å². The Morgan fingerprint density at radius 1 is 0.941 bits per heavy atom. The molecule has 0 radical (unpaired) electrons. The molecular formula is C29H27NO4. The summed E-state index contributed by atoms with van der Waals surface area (Å²) in [6.45, 7) is 8.71. The predicted molar refractivity (Wildman–Crippen MR) is 132 cm³/mol. The van der Waals surface area contributed by atoms with Gasteiger partial charge >= 0.3 is 0 Å². The minimum absolute atomic E-state index is 0.126. The van der Waals surface area contributed by atoms with Crippen LogP contribution >= 0.6 is 0 Å². The smallest absolute Gasteiger partial charge is 0.291 e. The van der Waals surface area contributed by atoms with E-state index in [0.717, 1.165) is 27.8 Å². The summed E-state index contributed by atoms with van der Waals surface area (Å²) in [5, 5.41) is 0.528. The molecule has 1 atom stereocenters. The van der Waals surface area contributed by atoms with E-state index in [9.17, 15) is 9.59 Å². The molecule has 1 unspecified atom stereocenters. The van der Waals surface area contributed by atoms with Crippen LogP contribution < -0.4 is 10.2 Å². The van der Waals surface area contributed by atoms with E-state index in [4.69, 9.17) is 9.15 Å². The van der Waals surface area contributed by atoms with E-state index >= 15 is 0 Å². The van der Waals surface area contributed by atoms with Crippen LogP contribution in [0.4, 0.5) is 0 Å². The molecule has 0 fully saturated rings. The molecule has 0 N–H and O–H groups in total. The molecule has 4 aromatic rings. The Kier molecular flexibility index (Phi) is 5.48. The fraction of sp³-hybridized carbons (Fsp3) is 0.241. The van der Waals surface area contributed by atoms with Crippen LogP contribution in [0.25, 0.3) is 11.0 Å². The molecule has 5 heteroatoms. The van der Waals surface area contributed by atoms with Crippen molar-refractivity contribution in [3.8, 4) is 5.75 Å². The van der Waals surface area contributed by atoms with Crippen LogP contribution in [0.3, 0.4) is 0 Å². The Labute approximate surface area is 198 Å². The van der Waals surface area contributed by atoms with Crippen molar-refractivity contribution in [3.63, 3.8) is 0 Å². The summed E-state index contributed by atoms with van der Waals surface area (Å²) in [7, 11) is 0. The lowest BCUT2D eigenvalue weighted by atomic mass is 9.96. The van der Waals surface area contributed by atoms with E-state index in [-0.39, 0.29) is 17.1 Å². The molecule has 1 aliphatic heterocycles. The van der Waals surface area contributed by atoms with Crippen LogP contribution in [0.5, 0.6) is 5.75 Å². The maximum absolute atomic E-state index is 13.9. The lowest BCUT2D eigenvalue weighted by Gasteiger charge is -2.25. The number of nitrogens with zero attached hydrogens (tertiary/aromatic N) is 1. The number of hydrogen-bond acceptors (Lipinski definition) is 4. The number of aryl methyl sites for hydroxylation is 3. The fourth-order valence-corrected chi connectivity index (χ4v) is 4.85. The Hall–Kier alpha value is -3.86. The van der Waals surface area contributed by atoms with Gasteiger partial charge in [-0.05, 0) is 68.1 Å². The molecule has 2 heterocycles. The van der Waals surface area contributed by atoms with Gasteiger partial charge in [0, 0.05) is 6.54 Å².